The highest BCUT2D eigenvalue weighted by molar-refractivity contribution is 7.90. The van der Waals surface area contributed by atoms with Crippen molar-refractivity contribution in [3.63, 3.8) is 0 Å². The number of hydrogen-bond donors (Lipinski definition) is 1. The van der Waals surface area contributed by atoms with Crippen LogP contribution < -0.4 is 4.72 Å². The predicted molar refractivity (Wildman–Crippen MR) is 83.5 cm³/mol. The first-order valence-electron chi connectivity index (χ1n) is 8.39. The van der Waals surface area contributed by atoms with Gasteiger partial charge < -0.3 is 9.26 Å². The number of ether oxygens (including phenoxy) is 1. The average molecular weight is 341 g/mol. The van der Waals surface area contributed by atoms with Gasteiger partial charge in [-0.15, -0.1) is 0 Å². The Balaban J connectivity index is 1.44. The minimum absolute atomic E-state index is 0.0315. The number of aryl methyl sites for hydroxylation is 1. The number of rotatable bonds is 5. The number of morpholine rings is 1. The van der Waals surface area contributed by atoms with Crippen molar-refractivity contribution in [2.24, 2.45) is 0 Å². The van der Waals surface area contributed by atoms with Crippen LogP contribution in [0, 0.1) is 0 Å². The Hall–Kier alpha value is -0.960. The second-order valence-corrected chi connectivity index (χ2v) is 8.71. The molecule has 2 heterocycles. The molecule has 1 saturated heterocycles. The van der Waals surface area contributed by atoms with E-state index in [9.17, 15) is 8.42 Å². The van der Waals surface area contributed by atoms with E-state index >= 15 is 0 Å². The lowest BCUT2D eigenvalue weighted by atomic mass is 9.92. The molecule has 7 nitrogen and oxygen atoms in total. The summed E-state index contributed by atoms with van der Waals surface area (Å²) in [6, 6.07) is -0.0315. The maximum absolute atomic E-state index is 12.1. The molecular weight excluding hydrogens is 318 g/mol. The van der Waals surface area contributed by atoms with Crippen molar-refractivity contribution in [3.8, 4) is 0 Å². The topological polar surface area (TPSA) is 84.7 Å². The quantitative estimate of drug-likeness (QED) is 0.837. The molecule has 1 aromatic rings. The van der Waals surface area contributed by atoms with Gasteiger partial charge in [-0.25, -0.2) is 13.1 Å². The average Bonchev–Trinajstić information content (AvgIpc) is 3.33. The normalized spacial score (nSPS) is 26.2. The number of hydrogen-bond acceptors (Lipinski definition) is 6. The summed E-state index contributed by atoms with van der Waals surface area (Å²) in [6.45, 7) is 4.07. The van der Waals surface area contributed by atoms with Gasteiger partial charge in [0, 0.05) is 37.7 Å². The van der Waals surface area contributed by atoms with Crippen LogP contribution in [0.3, 0.4) is 0 Å². The number of fused-ring (bicyclic) bond motifs is 1. The molecule has 128 valence electrons. The fraction of sp³-hybridized carbons (Fsp3) is 0.800. The van der Waals surface area contributed by atoms with Crippen LogP contribution >= 0.6 is 0 Å². The SMILES string of the molecule is O=S(=O)(NC1CCc2onc(CN3CCOCC3)c2C1)C1CC1. The second kappa shape index (κ2) is 6.16. The summed E-state index contributed by atoms with van der Waals surface area (Å²) < 4.78 is 38.0. The predicted octanol–water partition coefficient (Wildman–Crippen LogP) is 0.446. The van der Waals surface area contributed by atoms with Crippen molar-refractivity contribution >= 4 is 10.0 Å². The van der Waals surface area contributed by atoms with E-state index in [-0.39, 0.29) is 11.3 Å². The monoisotopic (exact) mass is 341 g/mol. The van der Waals surface area contributed by atoms with E-state index in [2.05, 4.69) is 14.8 Å². The van der Waals surface area contributed by atoms with Crippen molar-refractivity contribution in [1.29, 1.82) is 0 Å². The molecule has 1 N–H and O–H groups in total. The Morgan fingerprint density at radius 2 is 2.00 bits per heavy atom. The first-order valence-corrected chi connectivity index (χ1v) is 9.94. The molecule has 1 atom stereocenters. The highest BCUT2D eigenvalue weighted by Crippen LogP contribution is 2.30. The van der Waals surface area contributed by atoms with Crippen LogP contribution in [-0.2, 0) is 34.1 Å². The van der Waals surface area contributed by atoms with Gasteiger partial charge in [0.15, 0.2) is 0 Å². The third-order valence-corrected chi connectivity index (χ3v) is 6.90. The van der Waals surface area contributed by atoms with Gasteiger partial charge in [0.05, 0.1) is 18.5 Å². The van der Waals surface area contributed by atoms with Gasteiger partial charge in [0.1, 0.15) is 11.5 Å². The number of aromatic nitrogens is 1. The zero-order valence-corrected chi connectivity index (χ0v) is 14.0. The molecule has 0 radical (unpaired) electrons. The van der Waals surface area contributed by atoms with Crippen molar-refractivity contribution in [2.75, 3.05) is 26.3 Å². The van der Waals surface area contributed by atoms with Crippen molar-refractivity contribution in [2.45, 2.75) is 49.9 Å². The summed E-state index contributed by atoms with van der Waals surface area (Å²) in [5.41, 5.74) is 2.06. The molecule has 0 bridgehead atoms. The Labute approximate surface area is 136 Å². The first kappa shape index (κ1) is 15.6. The second-order valence-electron chi connectivity index (χ2n) is 6.72. The summed E-state index contributed by atoms with van der Waals surface area (Å²) in [6.07, 6.45) is 3.81. The standard InChI is InChI=1S/C15H23N3O4S/c19-23(20,12-2-3-12)17-11-1-4-15-13(9-11)14(16-22-15)10-18-5-7-21-8-6-18/h11-12,17H,1-10H2. The van der Waals surface area contributed by atoms with Gasteiger partial charge in [-0.05, 0) is 25.7 Å². The molecule has 1 saturated carbocycles. The number of nitrogens with zero attached hydrogens (tertiary/aromatic N) is 2. The Morgan fingerprint density at radius 1 is 1.22 bits per heavy atom. The summed E-state index contributed by atoms with van der Waals surface area (Å²) in [4.78, 5) is 2.31. The molecule has 1 unspecified atom stereocenters. The van der Waals surface area contributed by atoms with Gasteiger partial charge in [0.25, 0.3) is 0 Å². The zero-order valence-electron chi connectivity index (χ0n) is 13.2. The summed E-state index contributed by atoms with van der Waals surface area (Å²) >= 11 is 0. The molecule has 2 aliphatic carbocycles. The van der Waals surface area contributed by atoms with Crippen LogP contribution in [0.2, 0.25) is 0 Å². The van der Waals surface area contributed by atoms with E-state index in [1.165, 1.54) is 0 Å². The molecule has 4 rings (SSSR count). The van der Waals surface area contributed by atoms with E-state index < -0.39 is 10.0 Å². The van der Waals surface area contributed by atoms with Crippen LogP contribution in [0.15, 0.2) is 4.52 Å². The van der Waals surface area contributed by atoms with Crippen molar-refractivity contribution in [1.82, 2.24) is 14.8 Å². The minimum atomic E-state index is -3.14. The van der Waals surface area contributed by atoms with E-state index in [4.69, 9.17) is 9.26 Å². The third-order valence-electron chi connectivity index (χ3n) is 4.89. The van der Waals surface area contributed by atoms with Crippen LogP contribution in [0.1, 0.15) is 36.3 Å². The maximum atomic E-state index is 12.1. The maximum Gasteiger partial charge on any atom is 0.214 e. The zero-order chi connectivity index (χ0) is 15.9. The molecular formula is C15H23N3O4S. The first-order chi connectivity index (χ1) is 11.1. The van der Waals surface area contributed by atoms with Crippen molar-refractivity contribution < 1.29 is 17.7 Å². The van der Waals surface area contributed by atoms with E-state index in [0.717, 1.165) is 75.5 Å². The molecule has 8 heteroatoms. The smallest absolute Gasteiger partial charge is 0.214 e. The molecule has 23 heavy (non-hydrogen) atoms. The molecule has 1 aromatic heterocycles. The lowest BCUT2D eigenvalue weighted by molar-refractivity contribution is 0.0331. The van der Waals surface area contributed by atoms with E-state index in [1.54, 1.807) is 0 Å². The fourth-order valence-corrected chi connectivity index (χ4v) is 4.98. The lowest BCUT2D eigenvalue weighted by Gasteiger charge is -2.27. The Bertz CT molecular complexity index is 662. The van der Waals surface area contributed by atoms with Gasteiger partial charge in [-0.1, -0.05) is 5.16 Å². The number of sulfonamides is 1. The highest BCUT2D eigenvalue weighted by Gasteiger charge is 2.38. The van der Waals surface area contributed by atoms with E-state index in [0.29, 0.717) is 6.42 Å². The molecule has 1 aliphatic heterocycles. The van der Waals surface area contributed by atoms with Crippen LogP contribution in [0.5, 0.6) is 0 Å². The Morgan fingerprint density at radius 3 is 2.74 bits per heavy atom. The van der Waals surface area contributed by atoms with Gasteiger partial charge in [-0.3, -0.25) is 4.90 Å². The summed E-state index contributed by atoms with van der Waals surface area (Å²) in [5, 5.41) is 4.07. The number of nitrogens with one attached hydrogen (secondary N) is 1. The van der Waals surface area contributed by atoms with Gasteiger partial charge in [-0.2, -0.15) is 0 Å². The molecule has 3 aliphatic rings. The lowest BCUT2D eigenvalue weighted by Crippen LogP contribution is -2.41. The van der Waals surface area contributed by atoms with Crippen LogP contribution in [0.25, 0.3) is 0 Å². The van der Waals surface area contributed by atoms with Gasteiger partial charge >= 0.3 is 0 Å². The van der Waals surface area contributed by atoms with E-state index in [1.807, 2.05) is 0 Å². The van der Waals surface area contributed by atoms with Crippen LogP contribution in [0.4, 0.5) is 0 Å². The molecule has 0 aromatic carbocycles. The van der Waals surface area contributed by atoms with Crippen LogP contribution in [-0.4, -0.2) is 56.1 Å². The minimum Gasteiger partial charge on any atom is -0.379 e. The Kier molecular flexibility index (Phi) is 4.17. The van der Waals surface area contributed by atoms with Gasteiger partial charge in [0.2, 0.25) is 10.0 Å². The largest absolute Gasteiger partial charge is 0.379 e. The van der Waals surface area contributed by atoms with Crippen molar-refractivity contribution in [3.05, 3.63) is 17.0 Å². The fourth-order valence-electron chi connectivity index (χ4n) is 3.37. The summed E-state index contributed by atoms with van der Waals surface area (Å²) in [7, 11) is -3.14. The summed E-state index contributed by atoms with van der Waals surface area (Å²) in [5.74, 6) is 0.926. The molecule has 0 amide bonds. The third kappa shape index (κ3) is 3.45. The molecule has 2 fully saturated rings. The highest BCUT2D eigenvalue weighted by atomic mass is 32.2. The molecule has 0 spiro atoms.